The molecule has 1 saturated heterocycles. The first-order valence-electron chi connectivity index (χ1n) is 13.8. The number of benzene rings is 4. The summed E-state index contributed by atoms with van der Waals surface area (Å²) in [5.41, 5.74) is 3.84. The molecule has 4 aromatic rings. The van der Waals surface area contributed by atoms with Crippen LogP contribution >= 0.6 is 11.8 Å². The molecule has 0 unspecified atom stereocenters. The molecule has 2 heterocycles. The van der Waals surface area contributed by atoms with Gasteiger partial charge in [-0.2, -0.15) is 0 Å². The lowest BCUT2D eigenvalue weighted by molar-refractivity contribution is -0.119. The van der Waals surface area contributed by atoms with Crippen molar-refractivity contribution in [3.05, 3.63) is 114 Å². The van der Waals surface area contributed by atoms with E-state index in [1.807, 2.05) is 78.9 Å². The van der Waals surface area contributed by atoms with Crippen LogP contribution in [0.5, 0.6) is 5.75 Å². The van der Waals surface area contributed by atoms with Crippen molar-refractivity contribution in [2.24, 2.45) is 11.8 Å². The van der Waals surface area contributed by atoms with E-state index < -0.39 is 0 Å². The van der Waals surface area contributed by atoms with Crippen molar-refractivity contribution in [1.29, 1.82) is 0 Å². The molecule has 204 valence electrons. The molecule has 0 spiro atoms. The third kappa shape index (κ3) is 5.38. The highest BCUT2D eigenvalue weighted by atomic mass is 32.2. The van der Waals surface area contributed by atoms with Crippen LogP contribution in [0.1, 0.15) is 43.4 Å². The molecule has 0 aromatic heterocycles. The van der Waals surface area contributed by atoms with Gasteiger partial charge in [0.15, 0.2) is 6.61 Å². The van der Waals surface area contributed by atoms with E-state index in [4.69, 9.17) is 9.47 Å². The molecule has 0 bridgehead atoms. The maximum atomic E-state index is 13.8. The summed E-state index contributed by atoms with van der Waals surface area (Å²) in [7, 11) is 0. The van der Waals surface area contributed by atoms with Crippen molar-refractivity contribution >= 4 is 29.0 Å². The molecule has 1 fully saturated rings. The Hall–Kier alpha value is -3.61. The van der Waals surface area contributed by atoms with Crippen LogP contribution in [0.15, 0.2) is 107 Å². The number of halogens is 1. The number of fused-ring (bicyclic) bond motifs is 2. The van der Waals surface area contributed by atoms with Gasteiger partial charge in [0, 0.05) is 15.7 Å². The Balaban J connectivity index is 1.14. The van der Waals surface area contributed by atoms with E-state index in [1.54, 1.807) is 28.8 Å². The number of carbonyl (C=O) groups is 1. The fourth-order valence-corrected chi connectivity index (χ4v) is 6.82. The Morgan fingerprint density at radius 1 is 0.925 bits per heavy atom. The lowest BCUT2D eigenvalue weighted by Gasteiger charge is -2.39. The topological polar surface area (TPSA) is 38.8 Å². The minimum atomic E-state index is -0.206. The molecule has 2 aliphatic rings. The highest BCUT2D eigenvalue weighted by Crippen LogP contribution is 2.48. The van der Waals surface area contributed by atoms with Crippen molar-refractivity contribution in [2.45, 2.75) is 42.1 Å². The van der Waals surface area contributed by atoms with Gasteiger partial charge in [-0.25, -0.2) is 4.39 Å². The Kier molecular flexibility index (Phi) is 7.63. The van der Waals surface area contributed by atoms with Gasteiger partial charge in [0.2, 0.25) is 0 Å². The smallest absolute Gasteiger partial charge is 0.269 e. The first-order chi connectivity index (χ1) is 19.5. The number of ether oxygens (including phenoxy) is 2. The minimum absolute atomic E-state index is 0.0423. The van der Waals surface area contributed by atoms with Gasteiger partial charge in [0.05, 0.1) is 24.1 Å². The zero-order valence-electron chi connectivity index (χ0n) is 22.6. The third-order valence-corrected chi connectivity index (χ3v) is 8.98. The quantitative estimate of drug-likeness (QED) is 0.240. The standard InChI is InChI=1S/C34H32FNO3S/c1-22(2)28-19-25(24-8-7-9-26(35)18-24)20-39-34(28)23-14-16-27(17-15-23)38-21-33(37)36-29-10-3-5-12-31(29)40-32-13-6-4-11-30(32)36/h3-18,22,25,28,34H,19-21H2,1-2H3/t25-,28-,34-/m0/s1. The zero-order valence-corrected chi connectivity index (χ0v) is 23.4. The number of anilines is 2. The number of hydrogen-bond donors (Lipinski definition) is 0. The summed E-state index contributed by atoms with van der Waals surface area (Å²) in [5, 5.41) is 0. The normalized spacial score (nSPS) is 20.1. The summed E-state index contributed by atoms with van der Waals surface area (Å²) in [6, 6.07) is 30.6. The molecular weight excluding hydrogens is 521 g/mol. The van der Waals surface area contributed by atoms with Gasteiger partial charge in [0.1, 0.15) is 11.6 Å². The van der Waals surface area contributed by atoms with Gasteiger partial charge >= 0.3 is 0 Å². The van der Waals surface area contributed by atoms with Crippen LogP contribution in [0.3, 0.4) is 0 Å². The summed E-state index contributed by atoms with van der Waals surface area (Å²) >= 11 is 1.67. The first kappa shape index (κ1) is 26.6. The summed E-state index contributed by atoms with van der Waals surface area (Å²) in [6.07, 6.45) is 0.898. The maximum absolute atomic E-state index is 13.8. The van der Waals surface area contributed by atoms with Crippen LogP contribution < -0.4 is 9.64 Å². The molecule has 0 saturated carbocycles. The van der Waals surface area contributed by atoms with Crippen molar-refractivity contribution in [3.63, 3.8) is 0 Å². The molecule has 6 heteroatoms. The Bertz CT molecular complexity index is 1460. The molecule has 1 amide bonds. The van der Waals surface area contributed by atoms with Crippen LogP contribution in [0.25, 0.3) is 0 Å². The summed E-state index contributed by atoms with van der Waals surface area (Å²) < 4.78 is 26.2. The Morgan fingerprint density at radius 3 is 2.25 bits per heavy atom. The molecule has 40 heavy (non-hydrogen) atoms. The Morgan fingerprint density at radius 2 is 1.60 bits per heavy atom. The molecule has 0 radical (unpaired) electrons. The minimum Gasteiger partial charge on any atom is -0.484 e. The van der Waals surface area contributed by atoms with Crippen molar-refractivity contribution in [1.82, 2.24) is 0 Å². The fourth-order valence-electron chi connectivity index (χ4n) is 5.76. The van der Waals surface area contributed by atoms with Gasteiger partial charge in [-0.05, 0) is 77.9 Å². The van der Waals surface area contributed by atoms with Crippen LogP contribution in [0.4, 0.5) is 15.8 Å². The van der Waals surface area contributed by atoms with E-state index in [0.717, 1.165) is 38.7 Å². The zero-order chi connectivity index (χ0) is 27.6. The lowest BCUT2D eigenvalue weighted by atomic mass is 9.76. The maximum Gasteiger partial charge on any atom is 0.269 e. The van der Waals surface area contributed by atoms with E-state index in [9.17, 15) is 9.18 Å². The summed E-state index contributed by atoms with van der Waals surface area (Å²) in [5.74, 6) is 1.19. The second-order valence-corrected chi connectivity index (χ2v) is 11.9. The highest BCUT2D eigenvalue weighted by Gasteiger charge is 2.35. The van der Waals surface area contributed by atoms with Crippen LogP contribution in [0.2, 0.25) is 0 Å². The molecule has 4 nitrogen and oxygen atoms in total. The van der Waals surface area contributed by atoms with Gasteiger partial charge in [0.25, 0.3) is 5.91 Å². The average molecular weight is 554 g/mol. The molecule has 4 aromatic carbocycles. The molecule has 0 N–H and O–H groups in total. The van der Waals surface area contributed by atoms with Crippen LogP contribution in [-0.2, 0) is 9.53 Å². The van der Waals surface area contributed by atoms with Crippen LogP contribution in [-0.4, -0.2) is 19.1 Å². The summed E-state index contributed by atoms with van der Waals surface area (Å²) in [6.45, 7) is 4.92. The van der Waals surface area contributed by atoms with E-state index in [0.29, 0.717) is 24.2 Å². The third-order valence-electron chi connectivity index (χ3n) is 7.85. The second kappa shape index (κ2) is 11.5. The highest BCUT2D eigenvalue weighted by molar-refractivity contribution is 7.99. The van der Waals surface area contributed by atoms with Gasteiger partial charge < -0.3 is 9.47 Å². The monoisotopic (exact) mass is 553 g/mol. The van der Waals surface area contributed by atoms with Gasteiger partial charge in [-0.3, -0.25) is 9.69 Å². The second-order valence-electron chi connectivity index (χ2n) is 10.8. The number of nitrogens with zero attached hydrogens (tertiary/aromatic N) is 1. The molecular formula is C34H32FNO3S. The van der Waals surface area contributed by atoms with E-state index >= 15 is 0 Å². The summed E-state index contributed by atoms with van der Waals surface area (Å²) in [4.78, 5) is 17.3. The molecule has 6 rings (SSSR count). The number of carbonyl (C=O) groups excluding carboxylic acids is 1. The average Bonchev–Trinajstić information content (AvgIpc) is 2.98. The molecule has 2 aliphatic heterocycles. The predicted octanol–water partition coefficient (Wildman–Crippen LogP) is 8.55. The van der Waals surface area contributed by atoms with E-state index in [-0.39, 0.29) is 30.4 Å². The number of hydrogen-bond acceptors (Lipinski definition) is 4. The predicted molar refractivity (Wildman–Crippen MR) is 157 cm³/mol. The van der Waals surface area contributed by atoms with Crippen molar-refractivity contribution < 1.29 is 18.7 Å². The van der Waals surface area contributed by atoms with Crippen molar-refractivity contribution in [2.75, 3.05) is 18.1 Å². The Labute approximate surface area is 239 Å². The van der Waals surface area contributed by atoms with Crippen LogP contribution in [0, 0.1) is 17.7 Å². The first-order valence-corrected chi connectivity index (χ1v) is 14.6. The van der Waals surface area contributed by atoms with Gasteiger partial charge in [-0.15, -0.1) is 0 Å². The number of para-hydroxylation sites is 2. The number of rotatable bonds is 6. The molecule has 0 aliphatic carbocycles. The fraction of sp³-hybridized carbons (Fsp3) is 0.265. The van der Waals surface area contributed by atoms with Crippen molar-refractivity contribution in [3.8, 4) is 5.75 Å². The molecule has 3 atom stereocenters. The van der Waals surface area contributed by atoms with E-state index in [2.05, 4.69) is 13.8 Å². The number of amides is 1. The SMILES string of the molecule is CC(C)[C@@H]1C[C@H](c2cccc(F)c2)CO[C@H]1c1ccc(OCC(=O)N2c3ccccc3Sc3ccccc32)cc1. The van der Waals surface area contributed by atoms with E-state index in [1.165, 1.54) is 6.07 Å². The van der Waals surface area contributed by atoms with Gasteiger partial charge in [-0.1, -0.05) is 74.1 Å². The largest absolute Gasteiger partial charge is 0.484 e. The lowest BCUT2D eigenvalue weighted by Crippen LogP contribution is -2.32.